The maximum Gasteiger partial charge on any atom is 0.403 e. The van der Waals surface area contributed by atoms with Gasteiger partial charge in [-0.3, -0.25) is 0 Å². The van der Waals surface area contributed by atoms with Crippen molar-refractivity contribution in [1.82, 2.24) is 5.32 Å². The highest BCUT2D eigenvalue weighted by Crippen LogP contribution is 2.22. The lowest BCUT2D eigenvalue weighted by Gasteiger charge is -2.20. The second-order valence-corrected chi connectivity index (χ2v) is 3.58. The number of nitrogens with one attached hydrogen (secondary N) is 1. The van der Waals surface area contributed by atoms with Gasteiger partial charge in [0.2, 0.25) is 0 Å². The molecule has 96 valence electrons. The zero-order valence-corrected chi connectivity index (χ0v) is 8.97. The largest absolute Gasteiger partial charge is 0.403 e. The summed E-state index contributed by atoms with van der Waals surface area (Å²) in [5, 5.41) is 10.7. The van der Waals surface area contributed by atoms with Crippen LogP contribution in [0.1, 0.15) is 12.0 Å². The van der Waals surface area contributed by atoms with Crippen molar-refractivity contribution < 1.29 is 22.7 Å². The smallest absolute Gasteiger partial charge is 0.396 e. The van der Waals surface area contributed by atoms with Crippen LogP contribution in [0.25, 0.3) is 0 Å². The zero-order chi connectivity index (χ0) is 12.9. The van der Waals surface area contributed by atoms with Crippen molar-refractivity contribution in [3.63, 3.8) is 0 Å². The van der Waals surface area contributed by atoms with Crippen molar-refractivity contribution in [2.75, 3.05) is 6.61 Å². The molecule has 0 aliphatic carbocycles. The van der Waals surface area contributed by atoms with E-state index in [4.69, 9.17) is 5.11 Å². The van der Waals surface area contributed by atoms with Crippen molar-refractivity contribution in [2.24, 2.45) is 0 Å². The molecule has 0 amide bonds. The molecule has 1 atom stereocenters. The molecule has 0 saturated heterocycles. The molecule has 2 nitrogen and oxygen atoms in total. The molecular formula is C11H13F4NO. The van der Waals surface area contributed by atoms with E-state index in [1.165, 1.54) is 18.2 Å². The summed E-state index contributed by atoms with van der Waals surface area (Å²) in [7, 11) is 0. The van der Waals surface area contributed by atoms with Crippen LogP contribution in [0.5, 0.6) is 0 Å². The Balaban J connectivity index is 2.61. The maximum absolute atomic E-state index is 13.2. The van der Waals surface area contributed by atoms with E-state index < -0.39 is 31.1 Å². The molecule has 0 aliphatic rings. The first kappa shape index (κ1) is 13.9. The van der Waals surface area contributed by atoms with E-state index >= 15 is 0 Å². The van der Waals surface area contributed by atoms with Crippen molar-refractivity contribution >= 4 is 0 Å². The van der Waals surface area contributed by atoms with Crippen LogP contribution in [-0.4, -0.2) is 23.9 Å². The second-order valence-electron chi connectivity index (χ2n) is 3.58. The average molecular weight is 251 g/mol. The first-order chi connectivity index (χ1) is 7.95. The minimum atomic E-state index is -4.45. The third-order valence-electron chi connectivity index (χ3n) is 2.31. The fraction of sp³-hybridized carbons (Fsp3) is 0.455. The molecule has 0 heterocycles. The van der Waals surface area contributed by atoms with Crippen molar-refractivity contribution in [2.45, 2.75) is 25.2 Å². The molecule has 0 saturated carbocycles. The molecule has 0 bridgehead atoms. The lowest BCUT2D eigenvalue weighted by atomic mass is 10.1. The van der Waals surface area contributed by atoms with Crippen LogP contribution in [0.3, 0.4) is 0 Å². The Hall–Kier alpha value is -1.14. The summed E-state index contributed by atoms with van der Waals surface area (Å²) in [5.41, 5.74) is 0.166. The van der Waals surface area contributed by atoms with Gasteiger partial charge in [-0.2, -0.15) is 13.2 Å². The SMILES string of the molecule is OCCC(NCc1ccccc1F)C(F)(F)F. The monoisotopic (exact) mass is 251 g/mol. The number of alkyl halides is 3. The Morgan fingerprint density at radius 1 is 1.24 bits per heavy atom. The summed E-state index contributed by atoms with van der Waals surface area (Å²) in [6.45, 7) is -0.800. The number of hydrogen-bond acceptors (Lipinski definition) is 2. The van der Waals surface area contributed by atoms with E-state index in [2.05, 4.69) is 5.32 Å². The quantitative estimate of drug-likeness (QED) is 0.786. The van der Waals surface area contributed by atoms with Gasteiger partial charge in [-0.05, 0) is 12.5 Å². The van der Waals surface area contributed by atoms with Crippen molar-refractivity contribution in [1.29, 1.82) is 0 Å². The number of aliphatic hydroxyl groups excluding tert-OH is 1. The summed E-state index contributed by atoms with van der Waals surface area (Å²) in [5.74, 6) is -0.551. The third kappa shape index (κ3) is 4.32. The number of hydrogen-bond donors (Lipinski definition) is 2. The Bertz CT molecular complexity index is 354. The minimum absolute atomic E-state index is 0.166. The topological polar surface area (TPSA) is 32.3 Å². The molecule has 0 aliphatic heterocycles. The molecule has 1 unspecified atom stereocenters. The van der Waals surface area contributed by atoms with Gasteiger partial charge in [0.05, 0.1) is 0 Å². The van der Waals surface area contributed by atoms with E-state index in [9.17, 15) is 17.6 Å². The van der Waals surface area contributed by atoms with E-state index in [-0.39, 0.29) is 12.1 Å². The van der Waals surface area contributed by atoms with Gasteiger partial charge in [-0.1, -0.05) is 18.2 Å². The van der Waals surface area contributed by atoms with Gasteiger partial charge in [0.25, 0.3) is 0 Å². The molecular weight excluding hydrogens is 238 g/mol. The van der Waals surface area contributed by atoms with Gasteiger partial charge < -0.3 is 10.4 Å². The van der Waals surface area contributed by atoms with Crippen LogP contribution in [0, 0.1) is 5.82 Å². The van der Waals surface area contributed by atoms with Gasteiger partial charge >= 0.3 is 6.18 Å². The van der Waals surface area contributed by atoms with Gasteiger partial charge in [0.1, 0.15) is 11.9 Å². The van der Waals surface area contributed by atoms with E-state index in [1.807, 2.05) is 0 Å². The predicted octanol–water partition coefficient (Wildman–Crippen LogP) is 2.23. The fourth-order valence-corrected chi connectivity index (χ4v) is 1.39. The fourth-order valence-electron chi connectivity index (χ4n) is 1.39. The van der Waals surface area contributed by atoms with Gasteiger partial charge in [0.15, 0.2) is 0 Å². The Morgan fingerprint density at radius 3 is 2.41 bits per heavy atom. The highest BCUT2D eigenvalue weighted by Gasteiger charge is 2.38. The number of benzene rings is 1. The van der Waals surface area contributed by atoms with Gasteiger partial charge in [0, 0.05) is 18.7 Å². The van der Waals surface area contributed by atoms with Crippen molar-refractivity contribution in [3.8, 4) is 0 Å². The standard InChI is InChI=1S/C11H13F4NO/c12-9-4-2-1-3-8(9)7-16-10(5-6-17)11(13,14)15/h1-4,10,16-17H,5-7H2. The molecule has 1 aromatic rings. The van der Waals surface area contributed by atoms with Gasteiger partial charge in [-0.15, -0.1) is 0 Å². The second kappa shape index (κ2) is 5.97. The molecule has 0 aromatic heterocycles. The molecule has 0 fully saturated rings. The van der Waals surface area contributed by atoms with Crippen LogP contribution in [0.4, 0.5) is 17.6 Å². The average Bonchev–Trinajstić information content (AvgIpc) is 2.24. The first-order valence-corrected chi connectivity index (χ1v) is 5.09. The number of rotatable bonds is 5. The lowest BCUT2D eigenvalue weighted by molar-refractivity contribution is -0.159. The van der Waals surface area contributed by atoms with Gasteiger partial charge in [-0.25, -0.2) is 4.39 Å². The summed E-state index contributed by atoms with van der Waals surface area (Å²) in [6.07, 6.45) is -4.90. The molecule has 17 heavy (non-hydrogen) atoms. The molecule has 1 aromatic carbocycles. The lowest BCUT2D eigenvalue weighted by Crippen LogP contribution is -2.42. The summed E-state index contributed by atoms with van der Waals surface area (Å²) in [6, 6.07) is 3.79. The van der Waals surface area contributed by atoms with Crippen LogP contribution in [0.2, 0.25) is 0 Å². The number of aliphatic hydroxyl groups is 1. The Kier molecular flexibility index (Phi) is 4.89. The summed E-state index contributed by atoms with van der Waals surface area (Å²) >= 11 is 0. The molecule has 0 spiro atoms. The molecule has 2 N–H and O–H groups in total. The van der Waals surface area contributed by atoms with Crippen LogP contribution in [-0.2, 0) is 6.54 Å². The van der Waals surface area contributed by atoms with Crippen molar-refractivity contribution in [3.05, 3.63) is 35.6 Å². The van der Waals surface area contributed by atoms with E-state index in [1.54, 1.807) is 6.07 Å². The number of halogens is 4. The van der Waals surface area contributed by atoms with E-state index in [0.29, 0.717) is 0 Å². The maximum atomic E-state index is 13.2. The van der Waals surface area contributed by atoms with Crippen LogP contribution in [0.15, 0.2) is 24.3 Å². The first-order valence-electron chi connectivity index (χ1n) is 5.09. The van der Waals surface area contributed by atoms with Crippen LogP contribution < -0.4 is 5.32 Å². The van der Waals surface area contributed by atoms with Crippen LogP contribution >= 0.6 is 0 Å². The highest BCUT2D eigenvalue weighted by molar-refractivity contribution is 5.17. The van der Waals surface area contributed by atoms with E-state index in [0.717, 1.165) is 0 Å². The zero-order valence-electron chi connectivity index (χ0n) is 8.97. The minimum Gasteiger partial charge on any atom is -0.396 e. The molecule has 1 rings (SSSR count). The highest BCUT2D eigenvalue weighted by atomic mass is 19.4. The molecule has 6 heteroatoms. The Labute approximate surface area is 96.3 Å². The normalized spacial score (nSPS) is 13.7. The third-order valence-corrected chi connectivity index (χ3v) is 2.31. The summed E-state index contributed by atoms with van der Waals surface area (Å²) in [4.78, 5) is 0. The predicted molar refractivity (Wildman–Crippen MR) is 54.8 cm³/mol. The Morgan fingerprint density at radius 2 is 1.88 bits per heavy atom. The molecule has 0 radical (unpaired) electrons. The summed E-state index contributed by atoms with van der Waals surface area (Å²) < 4.78 is 50.5.